The van der Waals surface area contributed by atoms with Crippen molar-refractivity contribution in [2.24, 2.45) is 0 Å². The fourth-order valence-corrected chi connectivity index (χ4v) is 2.44. The van der Waals surface area contributed by atoms with Crippen molar-refractivity contribution < 1.29 is 9.47 Å². The SMILES string of the molecule is COc1ccccc1CNc1cc(N2CCOCC2)ncn1. The van der Waals surface area contributed by atoms with Crippen LogP contribution >= 0.6 is 0 Å². The molecule has 0 atom stereocenters. The summed E-state index contributed by atoms with van der Waals surface area (Å²) in [5.41, 5.74) is 1.09. The van der Waals surface area contributed by atoms with Crippen molar-refractivity contribution in [3.63, 3.8) is 0 Å². The lowest BCUT2D eigenvalue weighted by Gasteiger charge is -2.27. The first-order chi connectivity index (χ1) is 10.9. The number of anilines is 2. The Morgan fingerprint density at radius 3 is 2.86 bits per heavy atom. The van der Waals surface area contributed by atoms with Gasteiger partial charge in [-0.1, -0.05) is 18.2 Å². The Morgan fingerprint density at radius 2 is 2.05 bits per heavy atom. The molecule has 0 unspecified atom stereocenters. The van der Waals surface area contributed by atoms with Crippen LogP contribution in [0, 0.1) is 0 Å². The number of nitrogens with one attached hydrogen (secondary N) is 1. The minimum absolute atomic E-state index is 0.656. The number of benzene rings is 1. The minimum atomic E-state index is 0.656. The lowest BCUT2D eigenvalue weighted by Crippen LogP contribution is -2.36. The van der Waals surface area contributed by atoms with Gasteiger partial charge in [0, 0.05) is 31.3 Å². The Kier molecular flexibility index (Phi) is 4.70. The maximum absolute atomic E-state index is 5.37. The van der Waals surface area contributed by atoms with Crippen molar-refractivity contribution in [2.45, 2.75) is 6.54 Å². The second-order valence-corrected chi connectivity index (χ2v) is 5.03. The van der Waals surface area contributed by atoms with Crippen LogP contribution in [-0.2, 0) is 11.3 Å². The van der Waals surface area contributed by atoms with Crippen molar-refractivity contribution in [3.05, 3.63) is 42.2 Å². The van der Waals surface area contributed by atoms with E-state index in [1.54, 1.807) is 13.4 Å². The predicted octanol–water partition coefficient (Wildman–Crippen LogP) is 1.93. The number of nitrogens with zero attached hydrogens (tertiary/aromatic N) is 3. The van der Waals surface area contributed by atoms with Crippen molar-refractivity contribution in [1.82, 2.24) is 9.97 Å². The molecule has 22 heavy (non-hydrogen) atoms. The number of para-hydroxylation sites is 1. The molecule has 0 saturated carbocycles. The van der Waals surface area contributed by atoms with Crippen LogP contribution in [0.2, 0.25) is 0 Å². The van der Waals surface area contributed by atoms with Crippen LogP contribution < -0.4 is 15.0 Å². The van der Waals surface area contributed by atoms with Crippen molar-refractivity contribution in [3.8, 4) is 5.75 Å². The molecule has 0 bridgehead atoms. The molecular weight excluding hydrogens is 280 g/mol. The second-order valence-electron chi connectivity index (χ2n) is 5.03. The topological polar surface area (TPSA) is 59.5 Å². The molecule has 0 amide bonds. The van der Waals surface area contributed by atoms with E-state index in [4.69, 9.17) is 9.47 Å². The van der Waals surface area contributed by atoms with Crippen LogP contribution in [0.5, 0.6) is 5.75 Å². The van der Waals surface area contributed by atoms with Gasteiger partial charge in [0.2, 0.25) is 0 Å². The van der Waals surface area contributed by atoms with Gasteiger partial charge in [-0.05, 0) is 6.07 Å². The summed E-state index contributed by atoms with van der Waals surface area (Å²) in [4.78, 5) is 10.8. The fraction of sp³-hybridized carbons (Fsp3) is 0.375. The van der Waals surface area contributed by atoms with Gasteiger partial charge in [-0.3, -0.25) is 0 Å². The van der Waals surface area contributed by atoms with Crippen LogP contribution in [-0.4, -0.2) is 43.4 Å². The number of hydrogen-bond donors (Lipinski definition) is 1. The summed E-state index contributed by atoms with van der Waals surface area (Å²) in [6.07, 6.45) is 1.59. The van der Waals surface area contributed by atoms with Crippen LogP contribution in [0.1, 0.15) is 5.56 Å². The molecule has 1 aliphatic heterocycles. The highest BCUT2D eigenvalue weighted by Gasteiger charge is 2.13. The van der Waals surface area contributed by atoms with E-state index in [-0.39, 0.29) is 0 Å². The summed E-state index contributed by atoms with van der Waals surface area (Å²) in [5, 5.41) is 3.33. The number of methoxy groups -OCH3 is 1. The molecule has 2 aromatic rings. The maximum atomic E-state index is 5.37. The van der Waals surface area contributed by atoms with Crippen LogP contribution in [0.4, 0.5) is 11.6 Å². The van der Waals surface area contributed by atoms with Crippen LogP contribution in [0.3, 0.4) is 0 Å². The molecule has 6 heteroatoms. The largest absolute Gasteiger partial charge is 0.496 e. The molecule has 1 saturated heterocycles. The Balaban J connectivity index is 1.67. The van der Waals surface area contributed by atoms with E-state index in [0.29, 0.717) is 6.54 Å². The average Bonchev–Trinajstić information content (AvgIpc) is 2.61. The van der Waals surface area contributed by atoms with Gasteiger partial charge >= 0.3 is 0 Å². The maximum Gasteiger partial charge on any atom is 0.134 e. The van der Waals surface area contributed by atoms with Crippen molar-refractivity contribution >= 4 is 11.6 Å². The second kappa shape index (κ2) is 7.09. The fourth-order valence-electron chi connectivity index (χ4n) is 2.44. The van der Waals surface area contributed by atoms with E-state index in [9.17, 15) is 0 Å². The Labute approximate surface area is 130 Å². The first-order valence-electron chi connectivity index (χ1n) is 7.37. The van der Waals surface area contributed by atoms with E-state index in [1.165, 1.54) is 0 Å². The molecule has 0 aliphatic carbocycles. The highest BCUT2D eigenvalue weighted by molar-refractivity contribution is 5.49. The molecule has 0 radical (unpaired) electrons. The Morgan fingerprint density at radius 1 is 1.23 bits per heavy atom. The first-order valence-corrected chi connectivity index (χ1v) is 7.37. The summed E-state index contributed by atoms with van der Waals surface area (Å²) < 4.78 is 10.7. The molecule has 1 fully saturated rings. The molecule has 116 valence electrons. The van der Waals surface area contributed by atoms with Gasteiger partial charge in [-0.2, -0.15) is 0 Å². The molecular formula is C16H20N4O2. The molecule has 1 aromatic heterocycles. The Bertz CT molecular complexity index is 615. The summed E-state index contributed by atoms with van der Waals surface area (Å²) in [6, 6.07) is 9.93. The summed E-state index contributed by atoms with van der Waals surface area (Å²) >= 11 is 0. The molecule has 1 aliphatic rings. The summed E-state index contributed by atoms with van der Waals surface area (Å²) in [7, 11) is 1.68. The molecule has 1 N–H and O–H groups in total. The predicted molar refractivity (Wildman–Crippen MR) is 85.4 cm³/mol. The smallest absolute Gasteiger partial charge is 0.134 e. The van der Waals surface area contributed by atoms with Gasteiger partial charge in [0.15, 0.2) is 0 Å². The third-order valence-corrected chi connectivity index (χ3v) is 3.64. The monoisotopic (exact) mass is 300 g/mol. The van der Waals surface area contributed by atoms with Gasteiger partial charge in [0.25, 0.3) is 0 Å². The zero-order chi connectivity index (χ0) is 15.2. The molecule has 0 spiro atoms. The standard InChI is InChI=1S/C16H20N4O2/c1-21-14-5-3-2-4-13(14)11-17-15-10-16(19-12-18-15)20-6-8-22-9-7-20/h2-5,10,12H,6-9,11H2,1H3,(H,17,18,19). The highest BCUT2D eigenvalue weighted by Crippen LogP contribution is 2.20. The molecule has 1 aromatic carbocycles. The third kappa shape index (κ3) is 3.46. The summed E-state index contributed by atoms with van der Waals surface area (Å²) in [6.45, 7) is 3.87. The first kappa shape index (κ1) is 14.6. The number of ether oxygens (including phenoxy) is 2. The van der Waals surface area contributed by atoms with E-state index < -0.39 is 0 Å². The van der Waals surface area contributed by atoms with Gasteiger partial charge < -0.3 is 19.7 Å². The lowest BCUT2D eigenvalue weighted by molar-refractivity contribution is 0.122. The number of aromatic nitrogens is 2. The van der Waals surface area contributed by atoms with E-state index in [0.717, 1.165) is 49.3 Å². The quantitative estimate of drug-likeness (QED) is 0.910. The number of hydrogen-bond acceptors (Lipinski definition) is 6. The van der Waals surface area contributed by atoms with E-state index >= 15 is 0 Å². The number of morpholine rings is 1. The highest BCUT2D eigenvalue weighted by atomic mass is 16.5. The third-order valence-electron chi connectivity index (χ3n) is 3.64. The van der Waals surface area contributed by atoms with Crippen LogP contribution in [0.15, 0.2) is 36.7 Å². The van der Waals surface area contributed by atoms with Gasteiger partial charge in [-0.25, -0.2) is 9.97 Å². The van der Waals surface area contributed by atoms with Gasteiger partial charge in [0.1, 0.15) is 23.7 Å². The normalized spacial score (nSPS) is 14.7. The zero-order valence-corrected chi connectivity index (χ0v) is 12.7. The van der Waals surface area contributed by atoms with Crippen molar-refractivity contribution in [2.75, 3.05) is 43.6 Å². The minimum Gasteiger partial charge on any atom is -0.496 e. The van der Waals surface area contributed by atoms with Gasteiger partial charge in [-0.15, -0.1) is 0 Å². The molecule has 2 heterocycles. The van der Waals surface area contributed by atoms with Crippen molar-refractivity contribution in [1.29, 1.82) is 0 Å². The van der Waals surface area contributed by atoms with E-state index in [1.807, 2.05) is 30.3 Å². The van der Waals surface area contributed by atoms with Crippen LogP contribution in [0.25, 0.3) is 0 Å². The average molecular weight is 300 g/mol. The lowest BCUT2D eigenvalue weighted by atomic mass is 10.2. The zero-order valence-electron chi connectivity index (χ0n) is 12.7. The van der Waals surface area contributed by atoms with Gasteiger partial charge in [0.05, 0.1) is 20.3 Å². The van der Waals surface area contributed by atoms with E-state index in [2.05, 4.69) is 20.2 Å². The Hall–Kier alpha value is -2.34. The molecule has 3 rings (SSSR count). The number of rotatable bonds is 5. The summed E-state index contributed by atoms with van der Waals surface area (Å²) in [5.74, 6) is 2.61. The molecule has 6 nitrogen and oxygen atoms in total.